The lowest BCUT2D eigenvalue weighted by atomic mass is 9.97. The molecule has 3 heterocycles. The number of alkyl halides is 1. The topological polar surface area (TPSA) is 75.2 Å². The number of thiazole rings is 1. The summed E-state index contributed by atoms with van der Waals surface area (Å²) in [6, 6.07) is 7.97. The highest BCUT2D eigenvalue weighted by atomic mass is 32.2. The highest BCUT2D eigenvalue weighted by molar-refractivity contribution is 7.90. The van der Waals surface area contributed by atoms with Crippen LogP contribution < -0.4 is 5.32 Å². The van der Waals surface area contributed by atoms with Crippen molar-refractivity contribution in [1.82, 2.24) is 14.9 Å². The number of anilines is 1. The SMILES string of the molecule is Cc1nc(S(=O)(=O)Cc2cscn2)ccc1NCc1c(F)cccc1CN1CC(C)(F)C1. The van der Waals surface area contributed by atoms with E-state index in [1.165, 1.54) is 23.5 Å². The molecule has 2 aromatic heterocycles. The van der Waals surface area contributed by atoms with E-state index >= 15 is 0 Å². The molecule has 10 heteroatoms. The van der Waals surface area contributed by atoms with E-state index in [4.69, 9.17) is 0 Å². The Bertz CT molecular complexity index is 1210. The molecule has 3 aromatic rings. The lowest BCUT2D eigenvalue weighted by Gasteiger charge is -2.42. The zero-order valence-electron chi connectivity index (χ0n) is 17.8. The molecule has 1 N–H and O–H groups in total. The molecule has 1 saturated heterocycles. The number of nitrogens with one attached hydrogen (secondary N) is 1. The molecular formula is C22H24F2N4O2S2. The Balaban J connectivity index is 1.46. The van der Waals surface area contributed by atoms with Gasteiger partial charge in [-0.05, 0) is 37.6 Å². The number of benzene rings is 1. The minimum absolute atomic E-state index is 0.0211. The summed E-state index contributed by atoms with van der Waals surface area (Å²) in [5.41, 5.74) is 3.30. The predicted octanol–water partition coefficient (Wildman–Crippen LogP) is 4.12. The van der Waals surface area contributed by atoms with Gasteiger partial charge in [-0.2, -0.15) is 0 Å². The van der Waals surface area contributed by atoms with Gasteiger partial charge in [0, 0.05) is 37.1 Å². The zero-order valence-corrected chi connectivity index (χ0v) is 19.4. The van der Waals surface area contributed by atoms with Crippen LogP contribution in [0.5, 0.6) is 0 Å². The van der Waals surface area contributed by atoms with Gasteiger partial charge in [0.25, 0.3) is 0 Å². The van der Waals surface area contributed by atoms with Crippen molar-refractivity contribution in [2.75, 3.05) is 18.4 Å². The van der Waals surface area contributed by atoms with Gasteiger partial charge in [0.2, 0.25) is 9.84 Å². The second kappa shape index (κ2) is 8.84. The molecule has 0 atom stereocenters. The fourth-order valence-electron chi connectivity index (χ4n) is 3.85. The Labute approximate surface area is 190 Å². The van der Waals surface area contributed by atoms with Gasteiger partial charge < -0.3 is 5.32 Å². The molecular weight excluding hydrogens is 454 g/mol. The van der Waals surface area contributed by atoms with Gasteiger partial charge in [-0.15, -0.1) is 11.3 Å². The number of nitrogens with zero attached hydrogens (tertiary/aromatic N) is 3. The molecule has 32 heavy (non-hydrogen) atoms. The minimum atomic E-state index is -3.61. The Kier molecular flexibility index (Phi) is 6.28. The molecule has 1 fully saturated rings. The molecule has 0 spiro atoms. The molecule has 0 unspecified atom stereocenters. The number of hydrogen-bond donors (Lipinski definition) is 1. The number of aromatic nitrogens is 2. The minimum Gasteiger partial charge on any atom is -0.379 e. The predicted molar refractivity (Wildman–Crippen MR) is 120 cm³/mol. The molecule has 0 radical (unpaired) electrons. The Hall–Kier alpha value is -2.43. The maximum Gasteiger partial charge on any atom is 0.201 e. The monoisotopic (exact) mass is 478 g/mol. The highest BCUT2D eigenvalue weighted by Crippen LogP contribution is 2.28. The maximum absolute atomic E-state index is 14.5. The van der Waals surface area contributed by atoms with Crippen LogP contribution in [0.15, 0.2) is 46.2 Å². The third-order valence-corrected chi connectivity index (χ3v) is 7.55. The number of rotatable bonds is 8. The van der Waals surface area contributed by atoms with Crippen LogP contribution in [0.4, 0.5) is 14.5 Å². The lowest BCUT2D eigenvalue weighted by Crippen LogP contribution is -2.56. The fraction of sp³-hybridized carbons (Fsp3) is 0.364. The standard InChI is InChI=1S/C22H24F2N4O2S2/c1-15-20(6-7-21(27-15)32(29,30)11-17-10-31-14-26-17)25-8-18-16(4-3-5-19(18)23)9-28-12-22(2,24)13-28/h3-7,10,14,25H,8-9,11-13H2,1-2H3. The second-order valence-electron chi connectivity index (χ2n) is 8.31. The molecule has 1 aliphatic rings. The smallest absolute Gasteiger partial charge is 0.201 e. The molecule has 1 aliphatic heterocycles. The van der Waals surface area contributed by atoms with Gasteiger partial charge in [-0.3, -0.25) is 4.90 Å². The van der Waals surface area contributed by atoms with Crippen molar-refractivity contribution >= 4 is 26.9 Å². The third-order valence-electron chi connectivity index (χ3n) is 5.37. The Morgan fingerprint density at radius 1 is 1.25 bits per heavy atom. The normalized spacial score (nSPS) is 16.0. The summed E-state index contributed by atoms with van der Waals surface area (Å²) in [6.07, 6.45) is 0. The first-order valence-corrected chi connectivity index (χ1v) is 12.7. The van der Waals surface area contributed by atoms with Crippen molar-refractivity contribution in [2.45, 2.75) is 43.4 Å². The summed E-state index contributed by atoms with van der Waals surface area (Å²) in [4.78, 5) is 10.2. The molecule has 1 aromatic carbocycles. The van der Waals surface area contributed by atoms with Crippen molar-refractivity contribution in [3.8, 4) is 0 Å². The molecule has 170 valence electrons. The summed E-state index contributed by atoms with van der Waals surface area (Å²) in [7, 11) is -3.61. The quantitative estimate of drug-likeness (QED) is 0.525. The number of likely N-dealkylation sites (tertiary alicyclic amines) is 1. The number of hydrogen-bond acceptors (Lipinski definition) is 7. The van der Waals surface area contributed by atoms with Gasteiger partial charge in [0.15, 0.2) is 5.03 Å². The number of pyridine rings is 1. The van der Waals surface area contributed by atoms with Crippen LogP contribution in [-0.2, 0) is 28.7 Å². The van der Waals surface area contributed by atoms with Crippen LogP contribution >= 0.6 is 11.3 Å². The van der Waals surface area contributed by atoms with E-state index < -0.39 is 15.5 Å². The molecule has 0 bridgehead atoms. The fourth-order valence-corrected chi connectivity index (χ4v) is 5.76. The molecule has 0 saturated carbocycles. The van der Waals surface area contributed by atoms with E-state index in [-0.39, 0.29) is 23.1 Å². The van der Waals surface area contributed by atoms with Crippen LogP contribution in [0, 0.1) is 12.7 Å². The van der Waals surface area contributed by atoms with E-state index in [0.29, 0.717) is 42.3 Å². The average molecular weight is 479 g/mol. The summed E-state index contributed by atoms with van der Waals surface area (Å²) in [5.74, 6) is -0.547. The maximum atomic E-state index is 14.5. The average Bonchev–Trinajstić information content (AvgIpc) is 3.19. The van der Waals surface area contributed by atoms with Crippen molar-refractivity contribution in [1.29, 1.82) is 0 Å². The van der Waals surface area contributed by atoms with Gasteiger partial charge >= 0.3 is 0 Å². The van der Waals surface area contributed by atoms with Crippen LogP contribution in [0.2, 0.25) is 0 Å². The van der Waals surface area contributed by atoms with Crippen molar-refractivity contribution in [2.24, 2.45) is 0 Å². The number of aryl methyl sites for hydroxylation is 1. The Morgan fingerprint density at radius 2 is 2.03 bits per heavy atom. The van der Waals surface area contributed by atoms with Crippen molar-refractivity contribution in [3.63, 3.8) is 0 Å². The van der Waals surface area contributed by atoms with Crippen LogP contribution in [0.1, 0.15) is 29.4 Å². The van der Waals surface area contributed by atoms with Crippen LogP contribution in [-0.4, -0.2) is 42.0 Å². The lowest BCUT2D eigenvalue weighted by molar-refractivity contribution is -0.0227. The van der Waals surface area contributed by atoms with E-state index in [9.17, 15) is 17.2 Å². The summed E-state index contributed by atoms with van der Waals surface area (Å²) in [6.45, 7) is 4.60. The zero-order chi connectivity index (χ0) is 22.9. The Morgan fingerprint density at radius 3 is 2.69 bits per heavy atom. The number of sulfone groups is 1. The van der Waals surface area contributed by atoms with E-state index in [1.54, 1.807) is 36.9 Å². The third kappa shape index (κ3) is 5.13. The van der Waals surface area contributed by atoms with Crippen molar-refractivity contribution in [3.05, 3.63) is 69.6 Å². The van der Waals surface area contributed by atoms with E-state index in [1.807, 2.05) is 11.0 Å². The second-order valence-corrected chi connectivity index (χ2v) is 11.0. The van der Waals surface area contributed by atoms with E-state index in [2.05, 4.69) is 15.3 Å². The molecule has 4 rings (SSSR count). The number of halogens is 2. The molecule has 6 nitrogen and oxygen atoms in total. The van der Waals surface area contributed by atoms with Gasteiger partial charge in [0.1, 0.15) is 11.5 Å². The first kappa shape index (κ1) is 22.8. The largest absolute Gasteiger partial charge is 0.379 e. The van der Waals surface area contributed by atoms with Crippen LogP contribution in [0.3, 0.4) is 0 Å². The molecule has 0 aliphatic carbocycles. The van der Waals surface area contributed by atoms with Gasteiger partial charge in [-0.25, -0.2) is 27.2 Å². The first-order chi connectivity index (χ1) is 15.1. The summed E-state index contributed by atoms with van der Waals surface area (Å²) < 4.78 is 53.6. The summed E-state index contributed by atoms with van der Waals surface area (Å²) >= 11 is 1.34. The summed E-state index contributed by atoms with van der Waals surface area (Å²) in [5, 5.41) is 4.83. The van der Waals surface area contributed by atoms with Gasteiger partial charge in [-0.1, -0.05) is 12.1 Å². The van der Waals surface area contributed by atoms with E-state index in [0.717, 1.165) is 5.56 Å². The first-order valence-electron chi connectivity index (χ1n) is 10.1. The van der Waals surface area contributed by atoms with Crippen molar-refractivity contribution < 1.29 is 17.2 Å². The van der Waals surface area contributed by atoms with Gasteiger partial charge in [0.05, 0.1) is 28.3 Å². The highest BCUT2D eigenvalue weighted by Gasteiger charge is 2.38. The van der Waals surface area contributed by atoms with Crippen LogP contribution in [0.25, 0.3) is 0 Å². The molecule has 0 amide bonds.